The predicted octanol–water partition coefficient (Wildman–Crippen LogP) is 3.51. The van der Waals surface area contributed by atoms with Gasteiger partial charge in [0.1, 0.15) is 5.25 Å². The summed E-state index contributed by atoms with van der Waals surface area (Å²) in [4.78, 5) is 13.3. The van der Waals surface area contributed by atoms with Crippen molar-refractivity contribution in [3.8, 4) is 0 Å². The summed E-state index contributed by atoms with van der Waals surface area (Å²) < 4.78 is 23.3. The molecule has 2 rings (SSSR count). The van der Waals surface area contributed by atoms with Crippen LogP contribution in [0.2, 0.25) is 0 Å². The number of thiophene rings is 1. The molecule has 4 nitrogen and oxygen atoms in total. The molecule has 0 radical (unpaired) electrons. The van der Waals surface area contributed by atoms with Gasteiger partial charge in [0.15, 0.2) is 9.84 Å². The molecule has 0 saturated heterocycles. The van der Waals surface area contributed by atoms with Crippen LogP contribution in [0.15, 0.2) is 41.8 Å². The standard InChI is InChI=1S/C18H23NO3S2/c1-12(2)14-7-9-15(10-8-14)17(16-6-5-11-23-16)19-18(20)13(3)24(4,21)22/h5-13,17H,1-4H3,(H,19,20). The van der Waals surface area contributed by atoms with Gasteiger partial charge in [0, 0.05) is 11.1 Å². The Hall–Kier alpha value is -1.66. The predicted molar refractivity (Wildman–Crippen MR) is 99.1 cm³/mol. The molecule has 2 unspecified atom stereocenters. The number of rotatable bonds is 6. The van der Waals surface area contributed by atoms with Crippen molar-refractivity contribution in [2.45, 2.75) is 38.0 Å². The molecule has 1 heterocycles. The lowest BCUT2D eigenvalue weighted by molar-refractivity contribution is -0.120. The molecule has 0 aliphatic carbocycles. The van der Waals surface area contributed by atoms with Gasteiger partial charge >= 0.3 is 0 Å². The molecule has 0 bridgehead atoms. The van der Waals surface area contributed by atoms with Crippen molar-refractivity contribution in [3.05, 3.63) is 57.8 Å². The van der Waals surface area contributed by atoms with Gasteiger partial charge in [-0.1, -0.05) is 44.2 Å². The summed E-state index contributed by atoms with van der Waals surface area (Å²) in [5.74, 6) is -0.0529. The summed E-state index contributed by atoms with van der Waals surface area (Å²) in [5.41, 5.74) is 2.16. The Labute approximate surface area is 147 Å². The van der Waals surface area contributed by atoms with E-state index in [2.05, 4.69) is 19.2 Å². The molecule has 2 aromatic rings. The highest BCUT2D eigenvalue weighted by atomic mass is 32.2. The van der Waals surface area contributed by atoms with E-state index in [1.165, 1.54) is 23.8 Å². The summed E-state index contributed by atoms with van der Waals surface area (Å²) in [6.07, 6.45) is 1.08. The molecule has 0 fully saturated rings. The number of carbonyl (C=O) groups is 1. The highest BCUT2D eigenvalue weighted by Crippen LogP contribution is 2.27. The van der Waals surface area contributed by atoms with Crippen molar-refractivity contribution >= 4 is 27.1 Å². The SMILES string of the molecule is CC(C)c1ccc(C(NC(=O)C(C)S(C)(=O)=O)c2cccs2)cc1. The van der Waals surface area contributed by atoms with Crippen molar-refractivity contribution in [2.75, 3.05) is 6.26 Å². The van der Waals surface area contributed by atoms with Gasteiger partial charge in [-0.05, 0) is 35.4 Å². The summed E-state index contributed by atoms with van der Waals surface area (Å²) in [5, 5.41) is 3.75. The van der Waals surface area contributed by atoms with E-state index in [0.29, 0.717) is 5.92 Å². The zero-order valence-corrected chi connectivity index (χ0v) is 15.9. The molecule has 1 amide bonds. The Kier molecular flexibility index (Phi) is 5.83. The van der Waals surface area contributed by atoms with Crippen molar-refractivity contribution < 1.29 is 13.2 Å². The molecule has 1 aromatic carbocycles. The van der Waals surface area contributed by atoms with E-state index in [4.69, 9.17) is 0 Å². The van der Waals surface area contributed by atoms with Gasteiger partial charge in [-0.25, -0.2) is 8.42 Å². The number of benzene rings is 1. The zero-order valence-electron chi connectivity index (χ0n) is 14.3. The van der Waals surface area contributed by atoms with Crippen molar-refractivity contribution in [2.24, 2.45) is 0 Å². The van der Waals surface area contributed by atoms with Crippen LogP contribution < -0.4 is 5.32 Å². The number of nitrogens with one attached hydrogen (secondary N) is 1. The van der Waals surface area contributed by atoms with Crippen LogP contribution in [0, 0.1) is 0 Å². The highest BCUT2D eigenvalue weighted by Gasteiger charge is 2.27. The van der Waals surface area contributed by atoms with Crippen LogP contribution in [0.25, 0.3) is 0 Å². The third kappa shape index (κ3) is 4.45. The first-order valence-electron chi connectivity index (χ1n) is 7.82. The van der Waals surface area contributed by atoms with Gasteiger partial charge in [0.2, 0.25) is 5.91 Å². The Morgan fingerprint density at radius 3 is 2.08 bits per heavy atom. The smallest absolute Gasteiger partial charge is 0.238 e. The fraction of sp³-hybridized carbons (Fsp3) is 0.389. The van der Waals surface area contributed by atoms with Crippen LogP contribution in [-0.4, -0.2) is 25.8 Å². The topological polar surface area (TPSA) is 63.2 Å². The summed E-state index contributed by atoms with van der Waals surface area (Å²) in [7, 11) is -3.43. The molecule has 0 saturated carbocycles. The van der Waals surface area contributed by atoms with Crippen LogP contribution >= 0.6 is 11.3 Å². The van der Waals surface area contributed by atoms with Gasteiger partial charge in [0.25, 0.3) is 0 Å². The van der Waals surface area contributed by atoms with Gasteiger partial charge in [-0.2, -0.15) is 0 Å². The van der Waals surface area contributed by atoms with Crippen LogP contribution in [0.5, 0.6) is 0 Å². The van der Waals surface area contributed by atoms with E-state index in [1.54, 1.807) is 0 Å². The molecule has 0 aliphatic heterocycles. The van der Waals surface area contributed by atoms with E-state index in [1.807, 2.05) is 41.8 Å². The number of carbonyl (C=O) groups excluding carboxylic acids is 1. The lowest BCUT2D eigenvalue weighted by Crippen LogP contribution is -2.39. The fourth-order valence-electron chi connectivity index (χ4n) is 2.30. The van der Waals surface area contributed by atoms with Crippen LogP contribution in [0.1, 0.15) is 48.7 Å². The van der Waals surface area contributed by atoms with Crippen molar-refractivity contribution in [1.29, 1.82) is 0 Å². The molecule has 2 atom stereocenters. The Balaban J connectivity index is 2.31. The van der Waals surface area contributed by atoms with Gasteiger partial charge in [0.05, 0.1) is 6.04 Å². The number of hydrogen-bond donors (Lipinski definition) is 1. The quantitative estimate of drug-likeness (QED) is 0.852. The molecule has 24 heavy (non-hydrogen) atoms. The third-order valence-electron chi connectivity index (χ3n) is 4.06. The molecule has 6 heteroatoms. The van der Waals surface area contributed by atoms with E-state index in [0.717, 1.165) is 16.7 Å². The lowest BCUT2D eigenvalue weighted by Gasteiger charge is -2.21. The van der Waals surface area contributed by atoms with Crippen LogP contribution in [-0.2, 0) is 14.6 Å². The second-order valence-electron chi connectivity index (χ2n) is 6.25. The first kappa shape index (κ1) is 18.7. The van der Waals surface area contributed by atoms with Crippen molar-refractivity contribution in [1.82, 2.24) is 5.32 Å². The minimum atomic E-state index is -3.43. The minimum Gasteiger partial charge on any atom is -0.343 e. The Morgan fingerprint density at radius 1 is 1.04 bits per heavy atom. The van der Waals surface area contributed by atoms with Gasteiger partial charge in [-0.15, -0.1) is 11.3 Å². The van der Waals surface area contributed by atoms with E-state index < -0.39 is 21.0 Å². The Morgan fingerprint density at radius 2 is 1.62 bits per heavy atom. The molecule has 0 spiro atoms. The zero-order chi connectivity index (χ0) is 17.9. The van der Waals surface area contributed by atoms with E-state index in [9.17, 15) is 13.2 Å². The van der Waals surface area contributed by atoms with Gasteiger partial charge < -0.3 is 5.32 Å². The van der Waals surface area contributed by atoms with Gasteiger partial charge in [-0.3, -0.25) is 4.79 Å². The highest BCUT2D eigenvalue weighted by molar-refractivity contribution is 7.92. The molecular formula is C18H23NO3S2. The van der Waals surface area contributed by atoms with Crippen LogP contribution in [0.3, 0.4) is 0 Å². The molecule has 0 aliphatic rings. The maximum absolute atomic E-state index is 12.4. The fourth-order valence-corrected chi connectivity index (χ4v) is 3.56. The largest absolute Gasteiger partial charge is 0.343 e. The average Bonchev–Trinajstić information content (AvgIpc) is 3.05. The minimum absolute atomic E-state index is 0.345. The maximum Gasteiger partial charge on any atom is 0.238 e. The lowest BCUT2D eigenvalue weighted by atomic mass is 9.98. The molecule has 1 aromatic heterocycles. The maximum atomic E-state index is 12.4. The molecular weight excluding hydrogens is 342 g/mol. The second-order valence-corrected chi connectivity index (χ2v) is 9.60. The number of amides is 1. The number of hydrogen-bond acceptors (Lipinski definition) is 4. The molecule has 130 valence electrons. The van der Waals surface area contributed by atoms with Crippen LogP contribution in [0.4, 0.5) is 0 Å². The Bertz CT molecular complexity index is 778. The first-order valence-corrected chi connectivity index (χ1v) is 10.7. The molecule has 1 N–H and O–H groups in total. The van der Waals surface area contributed by atoms with E-state index in [-0.39, 0.29) is 6.04 Å². The second kappa shape index (κ2) is 7.49. The normalized spacial score (nSPS) is 14.4. The summed E-state index contributed by atoms with van der Waals surface area (Å²) in [6.45, 7) is 5.67. The first-order chi connectivity index (χ1) is 11.2. The number of sulfone groups is 1. The monoisotopic (exact) mass is 365 g/mol. The summed E-state index contributed by atoms with van der Waals surface area (Å²) in [6, 6.07) is 11.6. The van der Waals surface area contributed by atoms with E-state index >= 15 is 0 Å². The average molecular weight is 366 g/mol. The third-order valence-corrected chi connectivity index (χ3v) is 6.50. The summed E-state index contributed by atoms with van der Waals surface area (Å²) >= 11 is 1.53. The van der Waals surface area contributed by atoms with Crippen molar-refractivity contribution in [3.63, 3.8) is 0 Å².